The molecule has 0 rings (SSSR count). The molecule has 0 aliphatic rings. The van der Waals surface area contributed by atoms with E-state index in [0.717, 1.165) is 0 Å². The van der Waals surface area contributed by atoms with Crippen LogP contribution in [0.3, 0.4) is 0 Å². The van der Waals surface area contributed by atoms with Crippen LogP contribution < -0.4 is 0 Å². The first kappa shape index (κ1) is 18.2. The molecule has 0 heterocycles. The molecule has 17 heavy (non-hydrogen) atoms. The van der Waals surface area contributed by atoms with Gasteiger partial charge in [0.2, 0.25) is 0 Å². The van der Waals surface area contributed by atoms with Crippen molar-refractivity contribution in [2.75, 3.05) is 0 Å². The molecule has 0 unspecified atom stereocenters. The van der Waals surface area contributed by atoms with Crippen LogP contribution in [-0.2, 0) is 0 Å². The van der Waals surface area contributed by atoms with Crippen molar-refractivity contribution in [3.05, 3.63) is 0 Å². The standard InChI is InChI=1S/C12H30Cl2Si3/c1-15(2,9-7-11-16(3,4)13)10-8-12-17(5,6)14/h7-12H2,1-6H3. The van der Waals surface area contributed by atoms with Crippen molar-refractivity contribution in [2.45, 2.75) is 76.3 Å². The zero-order valence-electron chi connectivity index (χ0n) is 12.5. The Morgan fingerprint density at radius 1 is 0.588 bits per heavy atom. The third-order valence-corrected chi connectivity index (χ3v) is 10.9. The van der Waals surface area contributed by atoms with Crippen molar-refractivity contribution in [2.24, 2.45) is 0 Å². The van der Waals surface area contributed by atoms with Gasteiger partial charge in [0.05, 0.1) is 0 Å². The van der Waals surface area contributed by atoms with E-state index in [1.54, 1.807) is 0 Å². The summed E-state index contributed by atoms with van der Waals surface area (Å²) in [6, 6.07) is 5.45. The second-order valence-corrected chi connectivity index (χ2v) is 26.7. The summed E-state index contributed by atoms with van der Waals surface area (Å²) in [4.78, 5) is 0. The lowest BCUT2D eigenvalue weighted by Crippen LogP contribution is -2.27. The predicted molar refractivity (Wildman–Crippen MR) is 92.6 cm³/mol. The highest BCUT2D eigenvalue weighted by Gasteiger charge is 2.24. The maximum absolute atomic E-state index is 6.37. The third kappa shape index (κ3) is 13.5. The summed E-state index contributed by atoms with van der Waals surface area (Å²) in [5.41, 5.74) is 0. The maximum Gasteiger partial charge on any atom is 0.150 e. The monoisotopic (exact) mass is 328 g/mol. The van der Waals surface area contributed by atoms with Gasteiger partial charge in [0, 0.05) is 8.07 Å². The van der Waals surface area contributed by atoms with Crippen LogP contribution in [0, 0.1) is 0 Å². The van der Waals surface area contributed by atoms with Crippen molar-refractivity contribution in [3.8, 4) is 0 Å². The molecule has 0 amide bonds. The molecule has 0 radical (unpaired) electrons. The largest absolute Gasteiger partial charge is 0.168 e. The van der Waals surface area contributed by atoms with Gasteiger partial charge < -0.3 is 0 Å². The van der Waals surface area contributed by atoms with Crippen molar-refractivity contribution >= 4 is 45.0 Å². The average Bonchev–Trinajstić information content (AvgIpc) is 1.96. The molecule has 0 saturated carbocycles. The fourth-order valence-corrected chi connectivity index (χ4v) is 8.16. The summed E-state index contributed by atoms with van der Waals surface area (Å²) < 4.78 is 0. The van der Waals surface area contributed by atoms with Crippen molar-refractivity contribution < 1.29 is 0 Å². The summed E-state index contributed by atoms with van der Waals surface area (Å²) in [7, 11) is -3.65. The average molecular weight is 330 g/mol. The fraction of sp³-hybridized carbons (Fsp3) is 1.00. The molecule has 0 fully saturated rings. The lowest BCUT2D eigenvalue weighted by molar-refractivity contribution is 0.963. The molecule has 5 heteroatoms. The molecule has 0 N–H and O–H groups in total. The molecular weight excluding hydrogens is 299 g/mol. The summed E-state index contributed by atoms with van der Waals surface area (Å²) in [6.07, 6.45) is 2.70. The molecule has 0 aliphatic heterocycles. The SMILES string of the molecule is C[Si](C)(Cl)CCC[Si](C)(C)CCC[Si](C)(C)Cl. The van der Waals surface area contributed by atoms with E-state index in [0.29, 0.717) is 0 Å². The van der Waals surface area contributed by atoms with E-state index >= 15 is 0 Å². The Morgan fingerprint density at radius 2 is 0.882 bits per heavy atom. The predicted octanol–water partition coefficient (Wildman–Crippen LogP) is 6.36. The van der Waals surface area contributed by atoms with Crippen LogP contribution in [0.2, 0.25) is 63.5 Å². The quantitative estimate of drug-likeness (QED) is 0.359. The fourth-order valence-electron chi connectivity index (χ4n) is 2.10. The van der Waals surface area contributed by atoms with Crippen molar-refractivity contribution in [3.63, 3.8) is 0 Å². The number of hydrogen-bond donors (Lipinski definition) is 0. The van der Waals surface area contributed by atoms with Crippen molar-refractivity contribution in [1.82, 2.24) is 0 Å². The van der Waals surface area contributed by atoms with E-state index in [4.69, 9.17) is 22.2 Å². The second kappa shape index (κ2) is 7.13. The maximum atomic E-state index is 6.37. The number of rotatable bonds is 8. The van der Waals surface area contributed by atoms with Crippen LogP contribution in [0.15, 0.2) is 0 Å². The van der Waals surface area contributed by atoms with Gasteiger partial charge in [0.1, 0.15) is 14.8 Å². The molecule has 0 aromatic rings. The van der Waals surface area contributed by atoms with Crippen LogP contribution >= 0.6 is 22.2 Å². The highest BCUT2D eigenvalue weighted by atomic mass is 35.6. The van der Waals surface area contributed by atoms with Gasteiger partial charge in [-0.05, 0) is 12.1 Å². The number of hydrogen-bond acceptors (Lipinski definition) is 0. The normalized spacial score (nSPS) is 14.1. The minimum atomic E-state index is -1.34. The van der Waals surface area contributed by atoms with E-state index in [2.05, 4.69) is 39.3 Å². The summed E-state index contributed by atoms with van der Waals surface area (Å²) in [6.45, 7) is 14.1. The van der Waals surface area contributed by atoms with E-state index in [1.807, 2.05) is 0 Å². The van der Waals surface area contributed by atoms with Gasteiger partial charge in [-0.1, -0.05) is 64.2 Å². The van der Waals surface area contributed by atoms with Gasteiger partial charge in [0.15, 0.2) is 0 Å². The smallest absolute Gasteiger partial charge is 0.150 e. The Bertz CT molecular complexity index is 195. The molecule has 0 aliphatic carbocycles. The van der Waals surface area contributed by atoms with E-state index in [-0.39, 0.29) is 0 Å². The first-order valence-corrected chi connectivity index (χ1v) is 18.6. The van der Waals surface area contributed by atoms with Crippen LogP contribution in [0.5, 0.6) is 0 Å². The topological polar surface area (TPSA) is 0 Å². The molecule has 0 bridgehead atoms. The Morgan fingerprint density at radius 3 is 1.12 bits per heavy atom. The molecule has 0 aromatic carbocycles. The van der Waals surface area contributed by atoms with Crippen molar-refractivity contribution in [1.29, 1.82) is 0 Å². The van der Waals surface area contributed by atoms with Gasteiger partial charge >= 0.3 is 0 Å². The highest BCUT2D eigenvalue weighted by molar-refractivity contribution is 7.19. The Balaban J connectivity index is 3.81. The second-order valence-electron chi connectivity index (χ2n) is 7.31. The molecule has 0 aromatic heterocycles. The van der Waals surface area contributed by atoms with Crippen LogP contribution in [0.25, 0.3) is 0 Å². The van der Waals surface area contributed by atoms with E-state index in [9.17, 15) is 0 Å². The summed E-state index contributed by atoms with van der Waals surface area (Å²) in [5, 5.41) is 0. The molecule has 0 saturated heterocycles. The van der Waals surface area contributed by atoms with Gasteiger partial charge in [-0.15, -0.1) is 0 Å². The van der Waals surface area contributed by atoms with Gasteiger partial charge in [0.25, 0.3) is 0 Å². The Labute approximate surface area is 121 Å². The molecular formula is C12H30Cl2Si3. The molecule has 0 nitrogen and oxygen atoms in total. The Hall–Kier alpha value is 1.23. The minimum absolute atomic E-state index is 0.976. The molecule has 0 spiro atoms. The molecule has 0 atom stereocenters. The first-order valence-electron chi connectivity index (χ1n) is 6.79. The Kier molecular flexibility index (Phi) is 7.65. The zero-order valence-corrected chi connectivity index (χ0v) is 17.0. The third-order valence-electron chi connectivity index (χ3n) is 3.25. The lowest BCUT2D eigenvalue weighted by atomic mass is 10.5. The van der Waals surface area contributed by atoms with E-state index in [1.165, 1.54) is 37.0 Å². The van der Waals surface area contributed by atoms with Crippen LogP contribution in [0.4, 0.5) is 0 Å². The van der Waals surface area contributed by atoms with Crippen LogP contribution in [-0.4, -0.2) is 22.8 Å². The molecule has 104 valence electrons. The number of halogens is 2. The zero-order chi connectivity index (χ0) is 13.7. The highest BCUT2D eigenvalue weighted by Crippen LogP contribution is 2.27. The van der Waals surface area contributed by atoms with Gasteiger partial charge in [-0.2, -0.15) is 22.2 Å². The summed E-state index contributed by atoms with van der Waals surface area (Å²) >= 11 is 12.7. The van der Waals surface area contributed by atoms with Gasteiger partial charge in [-0.25, -0.2) is 0 Å². The lowest BCUT2D eigenvalue weighted by Gasteiger charge is -2.25. The van der Waals surface area contributed by atoms with Crippen LogP contribution in [0.1, 0.15) is 12.8 Å². The minimum Gasteiger partial charge on any atom is -0.168 e. The first-order chi connectivity index (χ1) is 7.41. The summed E-state index contributed by atoms with van der Waals surface area (Å²) in [5.74, 6) is 0. The van der Waals surface area contributed by atoms with E-state index < -0.39 is 22.8 Å². The van der Waals surface area contributed by atoms with Gasteiger partial charge in [-0.3, -0.25) is 0 Å².